The molecule has 0 radical (unpaired) electrons. The topological polar surface area (TPSA) is 52.4 Å². The molecule has 1 rings (SSSR count). The van der Waals surface area contributed by atoms with E-state index in [1.165, 1.54) is 18.2 Å². The van der Waals surface area contributed by atoms with Gasteiger partial charge in [0.05, 0.1) is 11.5 Å². The van der Waals surface area contributed by atoms with E-state index in [1.54, 1.807) is 0 Å². The molecular formula is C13H18ClNO3. The minimum atomic E-state index is -0.430. The summed E-state index contributed by atoms with van der Waals surface area (Å²) in [4.78, 5) is 10.2. The average Bonchev–Trinajstić information content (AvgIpc) is 2.36. The minimum Gasteiger partial charge on any atom is -0.376 e. The van der Waals surface area contributed by atoms with Crippen LogP contribution in [-0.2, 0) is 11.3 Å². The summed E-state index contributed by atoms with van der Waals surface area (Å²) in [5.74, 6) is 0.530. The van der Waals surface area contributed by atoms with Crippen LogP contribution in [0.25, 0.3) is 0 Å². The van der Waals surface area contributed by atoms with E-state index in [1.807, 2.05) is 0 Å². The van der Waals surface area contributed by atoms with Crippen molar-refractivity contribution in [2.75, 3.05) is 6.61 Å². The van der Waals surface area contributed by atoms with Crippen LogP contribution in [0.5, 0.6) is 0 Å². The van der Waals surface area contributed by atoms with Gasteiger partial charge in [-0.15, -0.1) is 0 Å². The maximum absolute atomic E-state index is 10.7. The normalized spacial score (nSPS) is 10.9. The number of nitrogens with zero attached hydrogens (tertiary/aromatic N) is 1. The summed E-state index contributed by atoms with van der Waals surface area (Å²) in [5, 5.41) is 11.2. The fourth-order valence-corrected chi connectivity index (χ4v) is 1.82. The van der Waals surface area contributed by atoms with Gasteiger partial charge in [0.2, 0.25) is 0 Å². The number of benzene rings is 1. The van der Waals surface area contributed by atoms with Crippen LogP contribution in [0.1, 0.15) is 32.3 Å². The predicted molar refractivity (Wildman–Crippen MR) is 71.8 cm³/mol. The number of nitro benzene ring substituents is 1. The van der Waals surface area contributed by atoms with Crippen LogP contribution in [0.2, 0.25) is 5.02 Å². The molecule has 1 aromatic carbocycles. The lowest BCUT2D eigenvalue weighted by atomic mass is 10.1. The van der Waals surface area contributed by atoms with Gasteiger partial charge in [-0.1, -0.05) is 38.3 Å². The number of hydrogen-bond acceptors (Lipinski definition) is 3. The fraction of sp³-hybridized carbons (Fsp3) is 0.538. The molecule has 100 valence electrons. The lowest BCUT2D eigenvalue weighted by molar-refractivity contribution is -0.384. The van der Waals surface area contributed by atoms with E-state index < -0.39 is 4.92 Å². The Balaban J connectivity index is 2.61. The highest BCUT2D eigenvalue weighted by Gasteiger charge is 2.10. The van der Waals surface area contributed by atoms with Crippen molar-refractivity contribution in [1.82, 2.24) is 0 Å². The lowest BCUT2D eigenvalue weighted by Gasteiger charge is -2.13. The van der Waals surface area contributed by atoms with Crippen LogP contribution in [0, 0.1) is 16.0 Å². The van der Waals surface area contributed by atoms with Crippen LogP contribution in [-0.4, -0.2) is 11.5 Å². The van der Waals surface area contributed by atoms with Crippen LogP contribution in [0.15, 0.2) is 18.2 Å². The van der Waals surface area contributed by atoms with Crippen LogP contribution < -0.4 is 0 Å². The summed E-state index contributed by atoms with van der Waals surface area (Å²) in [6.07, 6.45) is 2.14. The average molecular weight is 272 g/mol. The van der Waals surface area contributed by atoms with Gasteiger partial charge < -0.3 is 4.74 Å². The lowest BCUT2D eigenvalue weighted by Crippen LogP contribution is -2.07. The molecule has 4 nitrogen and oxygen atoms in total. The zero-order valence-corrected chi connectivity index (χ0v) is 11.4. The third kappa shape index (κ3) is 4.27. The third-order valence-corrected chi connectivity index (χ3v) is 3.37. The van der Waals surface area contributed by atoms with Gasteiger partial charge in [-0.3, -0.25) is 10.1 Å². The quantitative estimate of drug-likeness (QED) is 0.552. The van der Waals surface area contributed by atoms with E-state index in [9.17, 15) is 10.1 Å². The molecule has 5 heteroatoms. The van der Waals surface area contributed by atoms with Gasteiger partial charge in [0.15, 0.2) is 0 Å². The van der Waals surface area contributed by atoms with Gasteiger partial charge in [-0.2, -0.15) is 0 Å². The van der Waals surface area contributed by atoms with Crippen molar-refractivity contribution in [1.29, 1.82) is 0 Å². The Bertz CT molecular complexity index is 405. The zero-order valence-electron chi connectivity index (χ0n) is 10.7. The molecule has 18 heavy (non-hydrogen) atoms. The number of rotatable bonds is 7. The first-order chi connectivity index (χ1) is 8.58. The zero-order chi connectivity index (χ0) is 13.5. The number of ether oxygens (including phenoxy) is 1. The molecule has 0 fully saturated rings. The summed E-state index contributed by atoms with van der Waals surface area (Å²) in [6, 6.07) is 4.40. The highest BCUT2D eigenvalue weighted by atomic mass is 35.5. The Hall–Kier alpha value is -1.13. The van der Waals surface area contributed by atoms with Crippen molar-refractivity contribution < 1.29 is 9.66 Å². The first kappa shape index (κ1) is 14.9. The summed E-state index contributed by atoms with van der Waals surface area (Å²) < 4.78 is 5.57. The Morgan fingerprint density at radius 1 is 1.39 bits per heavy atom. The molecule has 0 aromatic heterocycles. The molecule has 0 unspecified atom stereocenters. The van der Waals surface area contributed by atoms with Gasteiger partial charge in [0.25, 0.3) is 5.69 Å². The minimum absolute atomic E-state index is 0.0422. The van der Waals surface area contributed by atoms with E-state index >= 15 is 0 Å². The van der Waals surface area contributed by atoms with Crippen molar-refractivity contribution in [3.8, 4) is 0 Å². The van der Waals surface area contributed by atoms with Crippen molar-refractivity contribution >= 4 is 17.3 Å². The van der Waals surface area contributed by atoms with Gasteiger partial charge in [-0.25, -0.2) is 0 Å². The van der Waals surface area contributed by atoms with Crippen molar-refractivity contribution in [2.24, 2.45) is 5.92 Å². The summed E-state index contributed by atoms with van der Waals surface area (Å²) in [7, 11) is 0. The van der Waals surface area contributed by atoms with Crippen molar-refractivity contribution in [3.05, 3.63) is 38.9 Å². The molecule has 0 bridgehead atoms. The summed E-state index contributed by atoms with van der Waals surface area (Å²) in [5.41, 5.74) is 0.706. The molecule has 0 atom stereocenters. The van der Waals surface area contributed by atoms with Gasteiger partial charge in [-0.05, 0) is 12.0 Å². The number of hydrogen-bond donors (Lipinski definition) is 0. The second-order valence-corrected chi connectivity index (χ2v) is 4.64. The highest BCUT2D eigenvalue weighted by molar-refractivity contribution is 6.31. The van der Waals surface area contributed by atoms with Crippen molar-refractivity contribution in [3.63, 3.8) is 0 Å². The molecule has 0 saturated carbocycles. The maximum Gasteiger partial charge on any atom is 0.269 e. The number of non-ortho nitro benzene ring substituents is 1. The van der Waals surface area contributed by atoms with E-state index in [0.29, 0.717) is 29.7 Å². The first-order valence-electron chi connectivity index (χ1n) is 6.09. The molecule has 0 heterocycles. The smallest absolute Gasteiger partial charge is 0.269 e. The van der Waals surface area contributed by atoms with Crippen LogP contribution >= 0.6 is 11.6 Å². The molecule has 0 aliphatic heterocycles. The SMILES string of the molecule is CCC(CC)COCc1cc([N+](=O)[O-])ccc1Cl. The Morgan fingerprint density at radius 2 is 2.06 bits per heavy atom. The number of nitro groups is 1. The monoisotopic (exact) mass is 271 g/mol. The number of halogens is 1. The molecule has 0 aliphatic carbocycles. The molecule has 0 saturated heterocycles. The van der Waals surface area contributed by atoms with E-state index in [2.05, 4.69) is 13.8 Å². The first-order valence-corrected chi connectivity index (χ1v) is 6.46. The second kappa shape index (κ2) is 7.34. The van der Waals surface area contributed by atoms with Gasteiger partial charge >= 0.3 is 0 Å². The molecular weight excluding hydrogens is 254 g/mol. The summed E-state index contributed by atoms with van der Waals surface area (Å²) in [6.45, 7) is 5.22. The fourth-order valence-electron chi connectivity index (χ4n) is 1.65. The standard InChI is InChI=1S/C13H18ClNO3/c1-3-10(4-2)8-18-9-11-7-12(15(16)17)5-6-13(11)14/h5-7,10H,3-4,8-9H2,1-2H3. The van der Waals surface area contributed by atoms with E-state index in [-0.39, 0.29) is 5.69 Å². The second-order valence-electron chi connectivity index (χ2n) is 4.23. The Labute approximate surface area is 112 Å². The molecule has 0 amide bonds. The van der Waals surface area contributed by atoms with Crippen LogP contribution in [0.4, 0.5) is 5.69 Å². The largest absolute Gasteiger partial charge is 0.376 e. The molecule has 0 aliphatic rings. The predicted octanol–water partition coefficient (Wildman–Crippen LogP) is 4.20. The molecule has 0 spiro atoms. The molecule has 1 aromatic rings. The Kier molecular flexibility index (Phi) is 6.09. The summed E-state index contributed by atoms with van der Waals surface area (Å²) >= 11 is 5.98. The highest BCUT2D eigenvalue weighted by Crippen LogP contribution is 2.23. The van der Waals surface area contributed by atoms with E-state index in [4.69, 9.17) is 16.3 Å². The van der Waals surface area contributed by atoms with E-state index in [0.717, 1.165) is 12.8 Å². The van der Waals surface area contributed by atoms with Gasteiger partial charge in [0.1, 0.15) is 0 Å². The third-order valence-electron chi connectivity index (χ3n) is 3.01. The van der Waals surface area contributed by atoms with Crippen LogP contribution in [0.3, 0.4) is 0 Å². The van der Waals surface area contributed by atoms with Gasteiger partial charge in [0, 0.05) is 29.3 Å². The maximum atomic E-state index is 10.7. The Morgan fingerprint density at radius 3 is 2.61 bits per heavy atom. The van der Waals surface area contributed by atoms with Crippen molar-refractivity contribution in [2.45, 2.75) is 33.3 Å². The molecule has 0 N–H and O–H groups in total.